The van der Waals surface area contributed by atoms with Gasteiger partial charge in [-0.25, -0.2) is 0 Å². The molecule has 4 aromatic rings. The Balaban J connectivity index is 1.66. The lowest BCUT2D eigenvalue weighted by Gasteiger charge is -2.29. The summed E-state index contributed by atoms with van der Waals surface area (Å²) in [6.07, 6.45) is 5.39. The van der Waals surface area contributed by atoms with Gasteiger partial charge in [-0.1, -0.05) is 17.7 Å². The number of rotatable bonds is 3. The van der Waals surface area contributed by atoms with Crippen molar-refractivity contribution in [1.29, 1.82) is 0 Å². The normalized spacial score (nSPS) is 14.4. The molecular formula is C21H17ClN4O. The third-order valence-corrected chi connectivity index (χ3v) is 5.29. The van der Waals surface area contributed by atoms with Crippen molar-refractivity contribution in [2.75, 3.05) is 13.1 Å². The van der Waals surface area contributed by atoms with Crippen LogP contribution >= 0.6 is 11.6 Å². The van der Waals surface area contributed by atoms with Crippen LogP contribution in [0.25, 0.3) is 33.3 Å². The predicted octanol–water partition coefficient (Wildman–Crippen LogP) is 3.86. The van der Waals surface area contributed by atoms with E-state index in [4.69, 9.17) is 11.6 Å². The van der Waals surface area contributed by atoms with E-state index in [1.165, 1.54) is 10.9 Å². The first-order valence-corrected chi connectivity index (χ1v) is 9.23. The molecule has 0 bridgehead atoms. The molecule has 1 aliphatic rings. The van der Waals surface area contributed by atoms with E-state index in [2.05, 4.69) is 50.3 Å². The van der Waals surface area contributed by atoms with Gasteiger partial charge in [0.15, 0.2) is 0 Å². The van der Waals surface area contributed by atoms with Gasteiger partial charge < -0.3 is 14.9 Å². The van der Waals surface area contributed by atoms with Crippen LogP contribution < -0.4 is 10.9 Å². The van der Waals surface area contributed by atoms with Crippen LogP contribution in [0.15, 0.2) is 65.8 Å². The topological polar surface area (TPSA) is 62.7 Å². The lowest BCUT2D eigenvalue weighted by atomic mass is 9.99. The summed E-state index contributed by atoms with van der Waals surface area (Å²) in [5.74, 6) is 0. The second-order valence-corrected chi connectivity index (χ2v) is 7.24. The van der Waals surface area contributed by atoms with Crippen LogP contribution in [0.5, 0.6) is 0 Å². The zero-order chi connectivity index (χ0) is 18.4. The van der Waals surface area contributed by atoms with Gasteiger partial charge in [-0.15, -0.1) is 0 Å². The lowest BCUT2D eigenvalue weighted by Crippen LogP contribution is -2.43. The second-order valence-electron chi connectivity index (χ2n) is 6.80. The van der Waals surface area contributed by atoms with Gasteiger partial charge in [0.25, 0.3) is 0 Å². The molecule has 0 unspecified atom stereocenters. The van der Waals surface area contributed by atoms with Crippen LogP contribution in [-0.4, -0.2) is 27.6 Å². The summed E-state index contributed by atoms with van der Waals surface area (Å²) in [7, 11) is 0. The highest BCUT2D eigenvalue weighted by atomic mass is 35.5. The molecule has 134 valence electrons. The minimum absolute atomic E-state index is 0.156. The molecular weight excluding hydrogens is 360 g/mol. The van der Waals surface area contributed by atoms with Crippen molar-refractivity contribution in [1.82, 2.24) is 19.9 Å². The number of H-pyrrole nitrogens is 1. The largest absolute Gasteiger partial charge is 0.342 e. The summed E-state index contributed by atoms with van der Waals surface area (Å²) < 4.78 is 2.32. The Morgan fingerprint density at radius 1 is 1.07 bits per heavy atom. The van der Waals surface area contributed by atoms with Crippen LogP contribution in [0.1, 0.15) is 6.04 Å². The van der Waals surface area contributed by atoms with Crippen molar-refractivity contribution < 1.29 is 0 Å². The van der Waals surface area contributed by atoms with E-state index in [0.717, 1.165) is 35.5 Å². The van der Waals surface area contributed by atoms with Crippen molar-refractivity contribution >= 4 is 22.5 Å². The van der Waals surface area contributed by atoms with Crippen LogP contribution in [0.4, 0.5) is 0 Å². The number of nitrogens with zero attached hydrogens (tertiary/aromatic N) is 2. The van der Waals surface area contributed by atoms with E-state index in [1.807, 2.05) is 12.1 Å². The van der Waals surface area contributed by atoms with Crippen molar-refractivity contribution in [3.63, 3.8) is 0 Å². The summed E-state index contributed by atoms with van der Waals surface area (Å²) in [5.41, 5.74) is 4.51. The van der Waals surface area contributed by atoms with Crippen LogP contribution in [0, 0.1) is 0 Å². The van der Waals surface area contributed by atoms with Gasteiger partial charge in [0, 0.05) is 59.8 Å². The zero-order valence-electron chi connectivity index (χ0n) is 14.4. The lowest BCUT2D eigenvalue weighted by molar-refractivity contribution is 0.352. The molecule has 5 rings (SSSR count). The summed E-state index contributed by atoms with van der Waals surface area (Å²) in [5, 5.41) is 5.06. The van der Waals surface area contributed by atoms with Crippen molar-refractivity contribution in [2.24, 2.45) is 0 Å². The van der Waals surface area contributed by atoms with E-state index < -0.39 is 0 Å². The van der Waals surface area contributed by atoms with Crippen LogP contribution in [0.2, 0.25) is 5.02 Å². The SMILES string of the molecule is O=c1cc(-c2ncc(Cl)cc2-c2ccc3c(ccn3C3CNC3)c2)cc[nH]1. The molecule has 1 aromatic carbocycles. The molecule has 27 heavy (non-hydrogen) atoms. The molecule has 0 radical (unpaired) electrons. The van der Waals surface area contributed by atoms with Gasteiger partial charge >= 0.3 is 0 Å². The number of hydrogen-bond donors (Lipinski definition) is 2. The molecule has 3 aromatic heterocycles. The first-order chi connectivity index (χ1) is 13.2. The highest BCUT2D eigenvalue weighted by molar-refractivity contribution is 6.30. The fourth-order valence-electron chi connectivity index (χ4n) is 3.60. The zero-order valence-corrected chi connectivity index (χ0v) is 15.2. The molecule has 2 N–H and O–H groups in total. The van der Waals surface area contributed by atoms with Crippen molar-refractivity contribution in [3.8, 4) is 22.4 Å². The third-order valence-electron chi connectivity index (χ3n) is 5.09. The van der Waals surface area contributed by atoms with Gasteiger partial charge in [-0.3, -0.25) is 9.78 Å². The standard InChI is InChI=1S/C21H17ClN4O/c22-16-9-18(21(25-10-16)15-3-5-24-20(27)8-15)13-1-2-19-14(7-13)4-6-26(19)17-11-23-12-17/h1-10,17,23H,11-12H2,(H,24,27). The molecule has 1 fully saturated rings. The average molecular weight is 377 g/mol. The Morgan fingerprint density at radius 3 is 2.74 bits per heavy atom. The highest BCUT2D eigenvalue weighted by Gasteiger charge is 2.20. The van der Waals surface area contributed by atoms with Crippen LogP contribution in [-0.2, 0) is 0 Å². The molecule has 1 saturated heterocycles. The van der Waals surface area contributed by atoms with Crippen LogP contribution in [0.3, 0.4) is 0 Å². The van der Waals surface area contributed by atoms with Gasteiger partial charge in [0.1, 0.15) is 0 Å². The molecule has 0 atom stereocenters. The quantitative estimate of drug-likeness (QED) is 0.570. The number of pyridine rings is 2. The molecule has 6 heteroatoms. The Kier molecular flexibility index (Phi) is 3.85. The third kappa shape index (κ3) is 2.85. The van der Waals surface area contributed by atoms with E-state index in [9.17, 15) is 4.79 Å². The summed E-state index contributed by atoms with van der Waals surface area (Å²) in [6.45, 7) is 2.02. The maximum Gasteiger partial charge on any atom is 0.248 e. The summed E-state index contributed by atoms with van der Waals surface area (Å²) in [6, 6.07) is 14.4. The number of hydrogen-bond acceptors (Lipinski definition) is 3. The average Bonchev–Trinajstić information content (AvgIpc) is 3.03. The Morgan fingerprint density at radius 2 is 1.96 bits per heavy atom. The smallest absolute Gasteiger partial charge is 0.248 e. The van der Waals surface area contributed by atoms with Crippen molar-refractivity contribution in [2.45, 2.75) is 6.04 Å². The Labute approximate surface area is 160 Å². The number of nitrogens with one attached hydrogen (secondary N) is 2. The van der Waals surface area contributed by atoms with Crippen molar-refractivity contribution in [3.05, 3.63) is 76.4 Å². The highest BCUT2D eigenvalue weighted by Crippen LogP contribution is 2.34. The number of aromatic nitrogens is 3. The molecule has 4 heterocycles. The fourth-order valence-corrected chi connectivity index (χ4v) is 3.76. The van der Waals surface area contributed by atoms with E-state index >= 15 is 0 Å². The van der Waals surface area contributed by atoms with E-state index in [0.29, 0.717) is 11.1 Å². The maximum atomic E-state index is 11.7. The van der Waals surface area contributed by atoms with Gasteiger partial charge in [-0.2, -0.15) is 0 Å². The number of aromatic amines is 1. The molecule has 0 aliphatic carbocycles. The fraction of sp³-hybridized carbons (Fsp3) is 0.143. The Hall–Kier alpha value is -2.89. The molecule has 0 saturated carbocycles. The Bertz CT molecular complexity index is 1210. The predicted molar refractivity (Wildman–Crippen MR) is 108 cm³/mol. The molecule has 5 nitrogen and oxygen atoms in total. The maximum absolute atomic E-state index is 11.7. The first-order valence-electron chi connectivity index (χ1n) is 8.85. The van der Waals surface area contributed by atoms with Gasteiger partial charge in [0.05, 0.1) is 16.8 Å². The minimum atomic E-state index is -0.156. The number of fused-ring (bicyclic) bond motifs is 1. The molecule has 0 spiro atoms. The molecule has 0 amide bonds. The molecule has 1 aliphatic heterocycles. The summed E-state index contributed by atoms with van der Waals surface area (Å²) >= 11 is 6.23. The summed E-state index contributed by atoms with van der Waals surface area (Å²) in [4.78, 5) is 18.9. The van der Waals surface area contributed by atoms with Gasteiger partial charge in [-0.05, 0) is 35.9 Å². The van der Waals surface area contributed by atoms with Gasteiger partial charge in [0.2, 0.25) is 5.56 Å². The van der Waals surface area contributed by atoms with E-state index in [1.54, 1.807) is 18.5 Å². The monoisotopic (exact) mass is 376 g/mol. The second kappa shape index (κ2) is 6.37. The minimum Gasteiger partial charge on any atom is -0.342 e. The van der Waals surface area contributed by atoms with E-state index in [-0.39, 0.29) is 5.56 Å². The first kappa shape index (κ1) is 16.3. The number of benzene rings is 1. The number of halogens is 1.